The van der Waals surface area contributed by atoms with Crippen LogP contribution in [-0.2, 0) is 4.79 Å². The second kappa shape index (κ2) is 6.08. The molecule has 1 aliphatic rings. The number of amides is 1. The first kappa shape index (κ1) is 12.5. The Balaban J connectivity index is 2.05. The molecule has 1 fully saturated rings. The molecule has 2 N–H and O–H groups in total. The third kappa shape index (κ3) is 4.62. The Bertz CT molecular complexity index is 205. The van der Waals surface area contributed by atoms with E-state index in [2.05, 4.69) is 5.32 Å². The molecule has 1 unspecified atom stereocenters. The summed E-state index contributed by atoms with van der Waals surface area (Å²) in [5, 5.41) is 12.4. The van der Waals surface area contributed by atoms with Crippen LogP contribution in [0.25, 0.3) is 0 Å². The van der Waals surface area contributed by atoms with Gasteiger partial charge in [-0.2, -0.15) is 0 Å². The molecule has 0 saturated heterocycles. The van der Waals surface area contributed by atoms with Gasteiger partial charge in [-0.3, -0.25) is 4.79 Å². The van der Waals surface area contributed by atoms with Crippen molar-refractivity contribution in [1.82, 2.24) is 10.2 Å². The van der Waals surface area contributed by atoms with Gasteiger partial charge in [-0.25, -0.2) is 0 Å². The highest BCUT2D eigenvalue weighted by atomic mass is 16.3. The molecule has 0 heterocycles. The Morgan fingerprint density at radius 1 is 1.60 bits per heavy atom. The first-order valence-corrected chi connectivity index (χ1v) is 5.79. The van der Waals surface area contributed by atoms with Gasteiger partial charge in [-0.15, -0.1) is 0 Å². The first-order valence-electron chi connectivity index (χ1n) is 5.79. The molecule has 0 aliphatic heterocycles. The number of carbonyl (C=O) groups excluding carboxylic acids is 1. The fourth-order valence-corrected chi connectivity index (χ4v) is 1.57. The van der Waals surface area contributed by atoms with Gasteiger partial charge in [0.25, 0.3) is 0 Å². The Hall–Kier alpha value is -0.610. The van der Waals surface area contributed by atoms with E-state index in [1.165, 1.54) is 0 Å². The van der Waals surface area contributed by atoms with E-state index in [0.717, 1.165) is 25.7 Å². The van der Waals surface area contributed by atoms with Crippen molar-refractivity contribution in [2.24, 2.45) is 0 Å². The van der Waals surface area contributed by atoms with Crippen LogP contribution in [0.15, 0.2) is 0 Å². The molecule has 88 valence electrons. The Morgan fingerprint density at radius 3 is 2.80 bits per heavy atom. The molecule has 0 aromatic rings. The predicted octanol–water partition coefficient (Wildman–Crippen LogP) is 0.358. The van der Waals surface area contributed by atoms with Crippen molar-refractivity contribution < 1.29 is 9.90 Å². The maximum atomic E-state index is 11.5. The summed E-state index contributed by atoms with van der Waals surface area (Å²) in [6.07, 6.45) is 3.72. The lowest BCUT2D eigenvalue weighted by atomic mass is 10.2. The van der Waals surface area contributed by atoms with Crippen LogP contribution in [0.1, 0.15) is 32.6 Å². The van der Waals surface area contributed by atoms with Crippen molar-refractivity contribution in [3.63, 3.8) is 0 Å². The average molecular weight is 214 g/mol. The van der Waals surface area contributed by atoms with Crippen LogP contribution in [0, 0.1) is 0 Å². The average Bonchev–Trinajstić information content (AvgIpc) is 3.00. The van der Waals surface area contributed by atoms with Gasteiger partial charge in [0, 0.05) is 19.6 Å². The van der Waals surface area contributed by atoms with Crippen LogP contribution < -0.4 is 5.32 Å². The van der Waals surface area contributed by atoms with E-state index in [4.69, 9.17) is 0 Å². The number of hydrogen-bond donors (Lipinski definition) is 2. The largest absolute Gasteiger partial charge is 0.392 e. The molecular weight excluding hydrogens is 192 g/mol. The minimum atomic E-state index is -0.325. The highest BCUT2D eigenvalue weighted by Gasteiger charge is 2.29. The predicted molar refractivity (Wildman–Crippen MR) is 59.6 cm³/mol. The summed E-state index contributed by atoms with van der Waals surface area (Å²) in [5.41, 5.74) is 0. The third-order valence-corrected chi connectivity index (χ3v) is 2.77. The lowest BCUT2D eigenvalue weighted by Crippen LogP contribution is -2.39. The van der Waals surface area contributed by atoms with E-state index >= 15 is 0 Å². The van der Waals surface area contributed by atoms with Crippen LogP contribution in [0.3, 0.4) is 0 Å². The molecule has 0 bridgehead atoms. The fraction of sp³-hybridized carbons (Fsp3) is 0.909. The van der Waals surface area contributed by atoms with Crippen molar-refractivity contribution in [2.45, 2.75) is 44.8 Å². The Morgan fingerprint density at radius 2 is 2.27 bits per heavy atom. The van der Waals surface area contributed by atoms with E-state index in [-0.39, 0.29) is 12.0 Å². The third-order valence-electron chi connectivity index (χ3n) is 2.77. The summed E-state index contributed by atoms with van der Waals surface area (Å²) < 4.78 is 0. The van der Waals surface area contributed by atoms with Crippen molar-refractivity contribution in [3.05, 3.63) is 0 Å². The number of carbonyl (C=O) groups is 1. The van der Waals surface area contributed by atoms with Crippen molar-refractivity contribution in [2.75, 3.05) is 20.1 Å². The molecule has 0 aromatic carbocycles. The second-order valence-electron chi connectivity index (χ2n) is 4.31. The van der Waals surface area contributed by atoms with Crippen molar-refractivity contribution in [1.29, 1.82) is 0 Å². The zero-order valence-electron chi connectivity index (χ0n) is 9.70. The molecule has 1 amide bonds. The summed E-state index contributed by atoms with van der Waals surface area (Å²) in [4.78, 5) is 13.4. The van der Waals surface area contributed by atoms with Gasteiger partial charge in [0.05, 0.1) is 12.6 Å². The molecule has 0 radical (unpaired) electrons. The first-order chi connectivity index (χ1) is 7.15. The van der Waals surface area contributed by atoms with Gasteiger partial charge in [-0.05, 0) is 19.3 Å². The fourth-order valence-electron chi connectivity index (χ4n) is 1.57. The minimum Gasteiger partial charge on any atom is -0.392 e. The van der Waals surface area contributed by atoms with Crippen LogP contribution >= 0.6 is 0 Å². The maximum Gasteiger partial charge on any atom is 0.236 e. The Labute approximate surface area is 91.6 Å². The van der Waals surface area contributed by atoms with Gasteiger partial charge in [-0.1, -0.05) is 13.3 Å². The molecule has 4 nitrogen and oxygen atoms in total. The quantitative estimate of drug-likeness (QED) is 0.643. The molecule has 0 spiro atoms. The topological polar surface area (TPSA) is 52.6 Å². The SMILES string of the molecule is CCCC(O)CNCC(=O)N(C)C1CC1. The van der Waals surface area contributed by atoms with E-state index in [9.17, 15) is 9.90 Å². The molecule has 1 rings (SSSR count). The molecule has 1 aliphatic carbocycles. The molecule has 4 heteroatoms. The number of hydrogen-bond acceptors (Lipinski definition) is 3. The van der Waals surface area contributed by atoms with Crippen LogP contribution in [-0.4, -0.2) is 48.2 Å². The normalized spacial score (nSPS) is 17.5. The molecule has 0 aromatic heterocycles. The van der Waals surface area contributed by atoms with Crippen molar-refractivity contribution in [3.8, 4) is 0 Å². The summed E-state index contributed by atoms with van der Waals surface area (Å²) in [5.74, 6) is 0.126. The number of nitrogens with zero attached hydrogens (tertiary/aromatic N) is 1. The summed E-state index contributed by atoms with van der Waals surface area (Å²) in [7, 11) is 1.85. The number of aliphatic hydroxyl groups is 1. The van der Waals surface area contributed by atoms with Crippen LogP contribution in [0.5, 0.6) is 0 Å². The van der Waals surface area contributed by atoms with Gasteiger partial charge >= 0.3 is 0 Å². The summed E-state index contributed by atoms with van der Waals surface area (Å²) >= 11 is 0. The lowest BCUT2D eigenvalue weighted by Gasteiger charge is -2.17. The highest BCUT2D eigenvalue weighted by Crippen LogP contribution is 2.24. The smallest absolute Gasteiger partial charge is 0.236 e. The number of nitrogens with one attached hydrogen (secondary N) is 1. The van der Waals surface area contributed by atoms with Gasteiger partial charge < -0.3 is 15.3 Å². The number of likely N-dealkylation sites (N-methyl/N-ethyl adjacent to an activating group) is 1. The van der Waals surface area contributed by atoms with E-state index in [0.29, 0.717) is 19.1 Å². The summed E-state index contributed by atoms with van der Waals surface area (Å²) in [6, 6.07) is 0.472. The van der Waals surface area contributed by atoms with Gasteiger partial charge in [0.15, 0.2) is 0 Å². The zero-order chi connectivity index (χ0) is 11.3. The van der Waals surface area contributed by atoms with Crippen LogP contribution in [0.4, 0.5) is 0 Å². The van der Waals surface area contributed by atoms with E-state index < -0.39 is 0 Å². The molecule has 1 atom stereocenters. The number of rotatable bonds is 7. The summed E-state index contributed by atoms with van der Waals surface area (Å²) in [6.45, 7) is 2.89. The molecule has 1 saturated carbocycles. The van der Waals surface area contributed by atoms with E-state index in [1.54, 1.807) is 4.90 Å². The lowest BCUT2D eigenvalue weighted by molar-refractivity contribution is -0.129. The number of aliphatic hydroxyl groups excluding tert-OH is 1. The maximum absolute atomic E-state index is 11.5. The minimum absolute atomic E-state index is 0.126. The van der Waals surface area contributed by atoms with Crippen LogP contribution in [0.2, 0.25) is 0 Å². The van der Waals surface area contributed by atoms with Gasteiger partial charge in [0.2, 0.25) is 5.91 Å². The second-order valence-corrected chi connectivity index (χ2v) is 4.31. The monoisotopic (exact) mass is 214 g/mol. The van der Waals surface area contributed by atoms with E-state index in [1.807, 2.05) is 14.0 Å². The highest BCUT2D eigenvalue weighted by molar-refractivity contribution is 5.78. The standard InChI is InChI=1S/C11H22N2O2/c1-3-4-10(14)7-12-8-11(15)13(2)9-5-6-9/h9-10,12,14H,3-8H2,1-2H3. The van der Waals surface area contributed by atoms with Crippen molar-refractivity contribution >= 4 is 5.91 Å². The van der Waals surface area contributed by atoms with Gasteiger partial charge in [0.1, 0.15) is 0 Å². The molecular formula is C11H22N2O2. The zero-order valence-corrected chi connectivity index (χ0v) is 9.70. The molecule has 15 heavy (non-hydrogen) atoms. The Kier molecular flexibility index (Phi) is 5.05.